The first kappa shape index (κ1) is 8.06. The third kappa shape index (κ3) is 1.51. The summed E-state index contributed by atoms with van der Waals surface area (Å²) in [6.07, 6.45) is 5.52. The zero-order valence-electron chi connectivity index (χ0n) is 7.19. The van der Waals surface area contributed by atoms with Gasteiger partial charge in [0.1, 0.15) is 0 Å². The van der Waals surface area contributed by atoms with Crippen LogP contribution in [0.3, 0.4) is 0 Å². The van der Waals surface area contributed by atoms with Crippen molar-refractivity contribution in [2.75, 3.05) is 6.54 Å². The predicted octanol–water partition coefficient (Wildman–Crippen LogP) is 2.16. The van der Waals surface area contributed by atoms with Crippen molar-refractivity contribution in [3.8, 4) is 0 Å². The second-order valence-electron chi connectivity index (χ2n) is 4.17. The van der Waals surface area contributed by atoms with Crippen LogP contribution in [0, 0.1) is 11.3 Å². The lowest BCUT2D eigenvalue weighted by molar-refractivity contribution is 0.144. The van der Waals surface area contributed by atoms with E-state index in [-0.39, 0.29) is 0 Å². The lowest BCUT2D eigenvalue weighted by Gasteiger charge is -2.37. The maximum absolute atomic E-state index is 5.68. The Balaban J connectivity index is 2.51. The van der Waals surface area contributed by atoms with E-state index in [4.69, 9.17) is 5.73 Å². The van der Waals surface area contributed by atoms with Crippen LogP contribution in [-0.4, -0.2) is 6.54 Å². The summed E-state index contributed by atoms with van der Waals surface area (Å²) in [4.78, 5) is 0. The van der Waals surface area contributed by atoms with E-state index in [0.29, 0.717) is 5.41 Å². The molecule has 1 heteroatoms. The fraction of sp³-hybridized carbons (Fsp3) is 1.00. The number of nitrogens with two attached hydrogens (primary N) is 1. The van der Waals surface area contributed by atoms with Crippen LogP contribution in [0.2, 0.25) is 0 Å². The van der Waals surface area contributed by atoms with Gasteiger partial charge in [-0.3, -0.25) is 0 Å². The zero-order valence-corrected chi connectivity index (χ0v) is 7.19. The molecule has 1 rings (SSSR count). The molecule has 0 bridgehead atoms. The van der Waals surface area contributed by atoms with Crippen LogP contribution in [0.25, 0.3) is 0 Å². The van der Waals surface area contributed by atoms with Gasteiger partial charge in [0.15, 0.2) is 0 Å². The van der Waals surface area contributed by atoms with Crippen molar-refractivity contribution >= 4 is 0 Å². The van der Waals surface area contributed by atoms with Crippen molar-refractivity contribution in [1.82, 2.24) is 0 Å². The molecule has 0 aromatic heterocycles. The van der Waals surface area contributed by atoms with E-state index in [9.17, 15) is 0 Å². The first-order valence-corrected chi connectivity index (χ1v) is 4.37. The first-order valence-electron chi connectivity index (χ1n) is 4.37. The Labute approximate surface area is 64.0 Å². The van der Waals surface area contributed by atoms with Gasteiger partial charge in [0.2, 0.25) is 0 Å². The summed E-state index contributed by atoms with van der Waals surface area (Å²) in [5, 5.41) is 0. The van der Waals surface area contributed by atoms with Crippen LogP contribution >= 0.6 is 0 Å². The van der Waals surface area contributed by atoms with Gasteiger partial charge in [-0.2, -0.15) is 0 Å². The Kier molecular flexibility index (Phi) is 2.35. The molecular formula is C9H19N. The highest BCUT2D eigenvalue weighted by Crippen LogP contribution is 2.39. The normalized spacial score (nSPS) is 32.1. The molecule has 0 amide bonds. The van der Waals surface area contributed by atoms with Gasteiger partial charge >= 0.3 is 0 Å². The van der Waals surface area contributed by atoms with Crippen molar-refractivity contribution in [3.63, 3.8) is 0 Å². The van der Waals surface area contributed by atoms with Crippen LogP contribution in [0.5, 0.6) is 0 Å². The number of hydrogen-bond acceptors (Lipinski definition) is 1. The van der Waals surface area contributed by atoms with Crippen LogP contribution < -0.4 is 5.73 Å². The van der Waals surface area contributed by atoms with Gasteiger partial charge in [-0.25, -0.2) is 0 Å². The molecule has 60 valence electrons. The monoisotopic (exact) mass is 141 g/mol. The highest BCUT2D eigenvalue weighted by Gasteiger charge is 2.30. The topological polar surface area (TPSA) is 26.0 Å². The molecule has 0 heterocycles. The highest BCUT2D eigenvalue weighted by molar-refractivity contribution is 4.82. The summed E-state index contributed by atoms with van der Waals surface area (Å²) in [5.41, 5.74) is 6.20. The van der Waals surface area contributed by atoms with Gasteiger partial charge in [0, 0.05) is 0 Å². The van der Waals surface area contributed by atoms with Crippen molar-refractivity contribution in [3.05, 3.63) is 0 Å². The Bertz CT molecular complexity index is 107. The van der Waals surface area contributed by atoms with Gasteiger partial charge in [0.05, 0.1) is 0 Å². The molecule has 1 atom stereocenters. The third-order valence-corrected chi connectivity index (χ3v) is 3.01. The molecule has 1 unspecified atom stereocenters. The van der Waals surface area contributed by atoms with E-state index in [1.165, 1.54) is 25.7 Å². The second kappa shape index (κ2) is 2.91. The van der Waals surface area contributed by atoms with E-state index < -0.39 is 0 Å². The average Bonchev–Trinajstić information content (AvgIpc) is 1.87. The molecule has 1 aliphatic rings. The molecule has 0 aromatic rings. The highest BCUT2D eigenvalue weighted by atomic mass is 14.6. The quantitative estimate of drug-likeness (QED) is 0.595. The lowest BCUT2D eigenvalue weighted by Crippen LogP contribution is -2.33. The van der Waals surface area contributed by atoms with E-state index in [1.54, 1.807) is 0 Å². The van der Waals surface area contributed by atoms with E-state index in [2.05, 4.69) is 13.8 Å². The van der Waals surface area contributed by atoms with Crippen LogP contribution in [-0.2, 0) is 0 Å². The fourth-order valence-electron chi connectivity index (χ4n) is 2.00. The average molecular weight is 141 g/mol. The molecule has 0 spiro atoms. The minimum Gasteiger partial charge on any atom is -0.330 e. The van der Waals surface area contributed by atoms with Crippen molar-refractivity contribution in [2.24, 2.45) is 17.1 Å². The first-order chi connectivity index (χ1) is 4.67. The maximum Gasteiger partial charge on any atom is -0.00438 e. The molecule has 10 heavy (non-hydrogen) atoms. The smallest absolute Gasteiger partial charge is 0.00438 e. The van der Waals surface area contributed by atoms with Crippen LogP contribution in [0.1, 0.15) is 39.5 Å². The molecule has 0 radical (unpaired) electrons. The fourth-order valence-corrected chi connectivity index (χ4v) is 2.00. The van der Waals surface area contributed by atoms with Crippen molar-refractivity contribution in [1.29, 1.82) is 0 Å². The SMILES string of the molecule is CC1(C)CCCCC1CN. The molecule has 0 saturated heterocycles. The summed E-state index contributed by atoms with van der Waals surface area (Å²) in [6, 6.07) is 0. The third-order valence-electron chi connectivity index (χ3n) is 3.01. The van der Waals surface area contributed by atoms with E-state index in [0.717, 1.165) is 12.5 Å². The zero-order chi connectivity index (χ0) is 7.61. The Morgan fingerprint density at radius 2 is 2.10 bits per heavy atom. The summed E-state index contributed by atoms with van der Waals surface area (Å²) < 4.78 is 0. The maximum atomic E-state index is 5.68. The summed E-state index contributed by atoms with van der Waals surface area (Å²) in [7, 11) is 0. The Hall–Kier alpha value is -0.0400. The standard InChI is InChI=1S/C9H19N/c1-9(2)6-4-3-5-8(9)7-10/h8H,3-7,10H2,1-2H3. The summed E-state index contributed by atoms with van der Waals surface area (Å²) in [6.45, 7) is 5.58. The summed E-state index contributed by atoms with van der Waals surface area (Å²) >= 11 is 0. The van der Waals surface area contributed by atoms with Crippen LogP contribution in [0.4, 0.5) is 0 Å². The van der Waals surface area contributed by atoms with Gasteiger partial charge in [-0.05, 0) is 30.7 Å². The molecule has 1 aliphatic carbocycles. The van der Waals surface area contributed by atoms with Gasteiger partial charge in [-0.1, -0.05) is 26.7 Å². The molecule has 1 nitrogen and oxygen atoms in total. The minimum absolute atomic E-state index is 0.521. The molecule has 1 fully saturated rings. The molecule has 2 N–H and O–H groups in total. The Morgan fingerprint density at radius 3 is 2.50 bits per heavy atom. The predicted molar refractivity (Wildman–Crippen MR) is 44.8 cm³/mol. The van der Waals surface area contributed by atoms with Gasteiger partial charge < -0.3 is 5.73 Å². The van der Waals surface area contributed by atoms with E-state index >= 15 is 0 Å². The van der Waals surface area contributed by atoms with Crippen molar-refractivity contribution in [2.45, 2.75) is 39.5 Å². The van der Waals surface area contributed by atoms with Gasteiger partial charge in [0.25, 0.3) is 0 Å². The molecule has 0 aromatic carbocycles. The second-order valence-corrected chi connectivity index (χ2v) is 4.17. The van der Waals surface area contributed by atoms with Gasteiger partial charge in [-0.15, -0.1) is 0 Å². The molecular weight excluding hydrogens is 122 g/mol. The number of rotatable bonds is 1. The summed E-state index contributed by atoms with van der Waals surface area (Å²) in [5.74, 6) is 0.779. The molecule has 0 aliphatic heterocycles. The Morgan fingerprint density at radius 1 is 1.40 bits per heavy atom. The van der Waals surface area contributed by atoms with E-state index in [1.807, 2.05) is 0 Å². The molecule has 1 saturated carbocycles. The lowest BCUT2D eigenvalue weighted by atomic mass is 9.69. The van der Waals surface area contributed by atoms with Crippen molar-refractivity contribution < 1.29 is 0 Å². The van der Waals surface area contributed by atoms with Crippen LogP contribution in [0.15, 0.2) is 0 Å². The number of hydrogen-bond donors (Lipinski definition) is 1. The minimum atomic E-state index is 0.521. The largest absolute Gasteiger partial charge is 0.330 e.